The van der Waals surface area contributed by atoms with Crippen LogP contribution in [-0.4, -0.2) is 28.9 Å². The number of carbonyl (C=O) groups excluding carboxylic acids is 1. The molecule has 2 aromatic heterocycles. The number of thiophene rings is 1. The van der Waals surface area contributed by atoms with E-state index in [1.54, 1.807) is 11.3 Å². The largest absolute Gasteiger partial charge is 0.350 e. The molecular weight excluding hydrogens is 356 g/mol. The predicted octanol–water partition coefficient (Wildman–Crippen LogP) is 4.66. The molecule has 26 heavy (non-hydrogen) atoms. The summed E-state index contributed by atoms with van der Waals surface area (Å²) in [5.41, 5.74) is 1.75. The lowest BCUT2D eigenvalue weighted by molar-refractivity contribution is 0.102. The molecule has 0 saturated carbocycles. The Bertz CT molecular complexity index is 952. The Morgan fingerprint density at radius 3 is 2.65 bits per heavy atom. The summed E-state index contributed by atoms with van der Waals surface area (Å²) in [5.74, 6) is -2.10. The van der Waals surface area contributed by atoms with Crippen molar-refractivity contribution in [2.75, 3.05) is 18.4 Å². The second kappa shape index (κ2) is 6.81. The summed E-state index contributed by atoms with van der Waals surface area (Å²) in [4.78, 5) is 19.4. The lowest BCUT2D eigenvalue weighted by Gasteiger charge is -2.15. The van der Waals surface area contributed by atoms with Crippen LogP contribution in [0.5, 0.6) is 0 Å². The van der Waals surface area contributed by atoms with Gasteiger partial charge in [0.05, 0.1) is 10.2 Å². The predicted molar refractivity (Wildman–Crippen MR) is 99.7 cm³/mol. The van der Waals surface area contributed by atoms with Gasteiger partial charge >= 0.3 is 0 Å². The lowest BCUT2D eigenvalue weighted by atomic mass is 10.2. The molecule has 1 aliphatic heterocycles. The average Bonchev–Trinajstić information content (AvgIpc) is 3.29. The van der Waals surface area contributed by atoms with Gasteiger partial charge in [-0.3, -0.25) is 9.69 Å². The van der Waals surface area contributed by atoms with Crippen LogP contribution in [0.25, 0.3) is 10.2 Å². The molecular formula is C19H19F2N3OS. The van der Waals surface area contributed by atoms with Gasteiger partial charge in [-0.1, -0.05) is 6.07 Å². The number of anilines is 1. The number of hydrogen-bond acceptors (Lipinski definition) is 3. The van der Waals surface area contributed by atoms with E-state index in [1.807, 2.05) is 13.0 Å². The Hall–Kier alpha value is -2.25. The highest BCUT2D eigenvalue weighted by atomic mass is 32.1. The van der Waals surface area contributed by atoms with Crippen molar-refractivity contribution in [2.45, 2.75) is 26.3 Å². The summed E-state index contributed by atoms with van der Waals surface area (Å²) in [7, 11) is 0. The Balaban J connectivity index is 1.70. The van der Waals surface area contributed by atoms with Crippen molar-refractivity contribution in [3.63, 3.8) is 0 Å². The number of nitrogens with zero attached hydrogens (tertiary/aromatic N) is 1. The quantitative estimate of drug-likeness (QED) is 0.696. The zero-order valence-electron chi connectivity index (χ0n) is 14.4. The first-order valence-corrected chi connectivity index (χ1v) is 9.43. The van der Waals surface area contributed by atoms with Crippen molar-refractivity contribution in [3.05, 3.63) is 52.0 Å². The van der Waals surface area contributed by atoms with Crippen LogP contribution in [0.15, 0.2) is 24.3 Å². The van der Waals surface area contributed by atoms with Gasteiger partial charge in [-0.25, -0.2) is 8.78 Å². The number of aromatic amines is 1. The minimum atomic E-state index is -0.788. The number of rotatable bonds is 4. The van der Waals surface area contributed by atoms with Gasteiger partial charge in [0, 0.05) is 17.0 Å². The number of benzene rings is 1. The molecule has 3 aromatic rings. The maximum atomic E-state index is 13.9. The van der Waals surface area contributed by atoms with E-state index in [2.05, 4.69) is 15.2 Å². The van der Waals surface area contributed by atoms with Gasteiger partial charge in [0.15, 0.2) is 0 Å². The summed E-state index contributed by atoms with van der Waals surface area (Å²) in [6.45, 7) is 4.68. The molecule has 0 bridgehead atoms. The summed E-state index contributed by atoms with van der Waals surface area (Å²) < 4.78 is 28.8. The first kappa shape index (κ1) is 17.2. The van der Waals surface area contributed by atoms with Gasteiger partial charge in [-0.05, 0) is 51.1 Å². The molecule has 3 heterocycles. The van der Waals surface area contributed by atoms with Crippen molar-refractivity contribution in [1.82, 2.24) is 9.88 Å². The van der Waals surface area contributed by atoms with Crippen LogP contribution in [-0.2, 0) is 6.54 Å². The fourth-order valence-corrected chi connectivity index (χ4v) is 4.47. The number of hydrogen-bond donors (Lipinski definition) is 2. The number of halogens is 2. The molecule has 7 heteroatoms. The molecule has 1 saturated heterocycles. The maximum Gasteiger partial charge on any atom is 0.272 e. The van der Waals surface area contributed by atoms with Gasteiger partial charge < -0.3 is 10.3 Å². The molecule has 4 nitrogen and oxygen atoms in total. The van der Waals surface area contributed by atoms with E-state index in [-0.39, 0.29) is 0 Å². The zero-order valence-corrected chi connectivity index (χ0v) is 15.2. The Morgan fingerprint density at radius 1 is 1.27 bits per heavy atom. The first-order valence-electron chi connectivity index (χ1n) is 8.61. The van der Waals surface area contributed by atoms with Gasteiger partial charge in [-0.2, -0.15) is 0 Å². The molecule has 0 unspecified atom stereocenters. The minimum absolute atomic E-state index is 0.376. The molecule has 0 aliphatic carbocycles. The number of likely N-dealkylation sites (tertiary alicyclic amines) is 1. The molecule has 4 rings (SSSR count). The Kier molecular flexibility index (Phi) is 4.50. The fraction of sp³-hybridized carbons (Fsp3) is 0.316. The topological polar surface area (TPSA) is 48.1 Å². The number of aromatic nitrogens is 1. The SMILES string of the molecule is Cc1cc2[nH]c(C(=O)Nc3c(F)cccc3F)c(CN3CCCC3)c2s1. The summed E-state index contributed by atoms with van der Waals surface area (Å²) in [6, 6.07) is 5.52. The fourth-order valence-electron chi connectivity index (χ4n) is 3.46. The third-order valence-electron chi connectivity index (χ3n) is 4.70. The number of para-hydroxylation sites is 1. The van der Waals surface area contributed by atoms with Crippen LogP contribution in [0, 0.1) is 18.6 Å². The number of H-pyrrole nitrogens is 1. The van der Waals surface area contributed by atoms with Crippen molar-refractivity contribution in [1.29, 1.82) is 0 Å². The minimum Gasteiger partial charge on any atom is -0.350 e. The zero-order chi connectivity index (χ0) is 18.3. The number of aryl methyl sites for hydroxylation is 1. The van der Waals surface area contributed by atoms with E-state index in [9.17, 15) is 13.6 Å². The molecule has 1 fully saturated rings. The van der Waals surface area contributed by atoms with E-state index in [0.717, 1.165) is 58.7 Å². The molecule has 1 aliphatic rings. The number of carbonyl (C=O) groups is 1. The van der Waals surface area contributed by atoms with Crippen molar-refractivity contribution >= 4 is 33.1 Å². The maximum absolute atomic E-state index is 13.9. The molecule has 1 amide bonds. The highest BCUT2D eigenvalue weighted by Gasteiger charge is 2.24. The standard InChI is InChI=1S/C19H19F2N3OS/c1-11-9-15-18(26-11)12(10-24-7-2-3-8-24)16(22-15)19(25)23-17-13(20)5-4-6-14(17)21/h4-6,9,22H,2-3,7-8,10H2,1H3,(H,23,25). The lowest BCUT2D eigenvalue weighted by Crippen LogP contribution is -2.22. The second-order valence-corrected chi connectivity index (χ2v) is 7.87. The van der Waals surface area contributed by atoms with E-state index < -0.39 is 23.2 Å². The van der Waals surface area contributed by atoms with Crippen molar-refractivity contribution in [3.8, 4) is 0 Å². The number of fused-ring (bicyclic) bond motifs is 1. The Morgan fingerprint density at radius 2 is 1.96 bits per heavy atom. The molecule has 2 N–H and O–H groups in total. The summed E-state index contributed by atoms with van der Waals surface area (Å²) in [5, 5.41) is 2.39. The third-order valence-corrected chi connectivity index (χ3v) is 5.81. The van der Waals surface area contributed by atoms with Gasteiger partial charge in [0.25, 0.3) is 5.91 Å². The molecule has 1 aromatic carbocycles. The normalized spacial score (nSPS) is 15.0. The molecule has 0 radical (unpaired) electrons. The van der Waals surface area contributed by atoms with E-state index in [0.29, 0.717) is 12.2 Å². The summed E-state index contributed by atoms with van der Waals surface area (Å²) in [6.07, 6.45) is 2.30. The van der Waals surface area contributed by atoms with Crippen LogP contribution in [0.3, 0.4) is 0 Å². The number of nitrogens with one attached hydrogen (secondary N) is 2. The molecule has 0 atom stereocenters. The van der Waals surface area contributed by atoms with Gasteiger partial charge in [-0.15, -0.1) is 11.3 Å². The van der Waals surface area contributed by atoms with Crippen LogP contribution < -0.4 is 5.32 Å². The van der Waals surface area contributed by atoms with Crippen LogP contribution in [0.4, 0.5) is 14.5 Å². The number of amides is 1. The third kappa shape index (κ3) is 3.12. The smallest absolute Gasteiger partial charge is 0.272 e. The Labute approximate surface area is 153 Å². The van der Waals surface area contributed by atoms with Crippen LogP contribution >= 0.6 is 11.3 Å². The molecule has 136 valence electrons. The van der Waals surface area contributed by atoms with Crippen molar-refractivity contribution in [2.24, 2.45) is 0 Å². The highest BCUT2D eigenvalue weighted by molar-refractivity contribution is 7.19. The first-order chi connectivity index (χ1) is 12.5. The van der Waals surface area contributed by atoms with E-state index in [1.165, 1.54) is 6.07 Å². The second-order valence-electron chi connectivity index (χ2n) is 6.61. The van der Waals surface area contributed by atoms with Crippen molar-refractivity contribution < 1.29 is 13.6 Å². The van der Waals surface area contributed by atoms with Crippen LogP contribution in [0.1, 0.15) is 33.8 Å². The average molecular weight is 375 g/mol. The monoisotopic (exact) mass is 375 g/mol. The van der Waals surface area contributed by atoms with E-state index in [4.69, 9.17) is 0 Å². The highest BCUT2D eigenvalue weighted by Crippen LogP contribution is 2.33. The van der Waals surface area contributed by atoms with E-state index >= 15 is 0 Å². The van der Waals surface area contributed by atoms with Gasteiger partial charge in [0.1, 0.15) is 23.0 Å². The van der Waals surface area contributed by atoms with Crippen LogP contribution in [0.2, 0.25) is 0 Å². The molecule has 0 spiro atoms. The summed E-state index contributed by atoms with van der Waals surface area (Å²) >= 11 is 1.63. The van der Waals surface area contributed by atoms with Gasteiger partial charge in [0.2, 0.25) is 0 Å².